The quantitative estimate of drug-likeness (QED) is 0.882. The lowest BCUT2D eigenvalue weighted by Gasteiger charge is -2.27. The Bertz CT molecular complexity index is 545. The molecule has 1 atom stereocenters. The summed E-state index contributed by atoms with van der Waals surface area (Å²) in [6.45, 7) is 0.220. The summed E-state index contributed by atoms with van der Waals surface area (Å²) in [5, 5.41) is 15.5. The van der Waals surface area contributed by atoms with Crippen molar-refractivity contribution in [3.05, 3.63) is 46.5 Å². The topological polar surface area (TPSA) is 62.5 Å². The maximum Gasteiger partial charge on any atom is 0.287 e. The smallest absolute Gasteiger partial charge is 0.287 e. The maximum absolute atomic E-state index is 11.9. The van der Waals surface area contributed by atoms with Crippen LogP contribution in [0.4, 0.5) is 0 Å². The highest BCUT2D eigenvalue weighted by molar-refractivity contribution is 7.10. The van der Waals surface area contributed by atoms with E-state index in [4.69, 9.17) is 4.42 Å². The largest absolute Gasteiger partial charge is 0.459 e. The molecule has 1 saturated carbocycles. The zero-order valence-corrected chi connectivity index (χ0v) is 11.2. The average molecular weight is 277 g/mol. The number of furan rings is 1. The van der Waals surface area contributed by atoms with Gasteiger partial charge < -0.3 is 14.8 Å². The van der Waals surface area contributed by atoms with Gasteiger partial charge in [0.05, 0.1) is 12.8 Å². The van der Waals surface area contributed by atoms with Crippen molar-refractivity contribution in [2.45, 2.75) is 18.4 Å². The van der Waals surface area contributed by atoms with Crippen LogP contribution < -0.4 is 5.32 Å². The van der Waals surface area contributed by atoms with Crippen LogP contribution in [-0.4, -0.2) is 17.6 Å². The molecule has 0 radical (unpaired) electrons. The third kappa shape index (κ3) is 2.43. The molecule has 4 nitrogen and oxygen atoms in total. The second-order valence-corrected chi connectivity index (χ2v) is 5.78. The lowest BCUT2D eigenvalue weighted by atomic mass is 9.95. The lowest BCUT2D eigenvalue weighted by Crippen LogP contribution is -2.41. The molecule has 1 amide bonds. The van der Waals surface area contributed by atoms with E-state index in [-0.39, 0.29) is 24.1 Å². The highest BCUT2D eigenvalue weighted by Gasteiger charge is 2.46. The van der Waals surface area contributed by atoms with E-state index >= 15 is 0 Å². The first-order chi connectivity index (χ1) is 9.20. The van der Waals surface area contributed by atoms with Crippen LogP contribution in [0.5, 0.6) is 0 Å². The minimum Gasteiger partial charge on any atom is -0.459 e. The standard InChI is InChI=1S/C14H15NO3S/c16-13(11-3-1-7-18-11)15-9-14(17,10-5-6-10)12-4-2-8-19-12/h1-4,7-8,10,17H,5-6,9H2,(H,15,16)/t14-/m0/s1. The Labute approximate surface area is 115 Å². The number of rotatable bonds is 5. The molecule has 0 unspecified atom stereocenters. The SMILES string of the molecule is O=C(NC[C@@](O)(c1cccs1)C1CC1)c1ccco1. The Kier molecular flexibility index (Phi) is 3.16. The third-order valence-electron chi connectivity index (χ3n) is 3.46. The van der Waals surface area contributed by atoms with Gasteiger partial charge in [0.15, 0.2) is 5.76 Å². The zero-order chi connectivity index (χ0) is 13.3. The van der Waals surface area contributed by atoms with Gasteiger partial charge >= 0.3 is 0 Å². The second-order valence-electron chi connectivity index (χ2n) is 4.84. The number of amides is 1. The molecule has 5 heteroatoms. The molecule has 2 heterocycles. The molecule has 2 N–H and O–H groups in total. The van der Waals surface area contributed by atoms with E-state index in [0.29, 0.717) is 0 Å². The number of nitrogens with one attached hydrogen (secondary N) is 1. The van der Waals surface area contributed by atoms with Crippen LogP contribution in [0.3, 0.4) is 0 Å². The molecule has 1 fully saturated rings. The number of carbonyl (C=O) groups is 1. The fourth-order valence-corrected chi connectivity index (χ4v) is 3.13. The van der Waals surface area contributed by atoms with Gasteiger partial charge in [-0.3, -0.25) is 4.79 Å². The summed E-state index contributed by atoms with van der Waals surface area (Å²) < 4.78 is 5.04. The monoisotopic (exact) mass is 277 g/mol. The van der Waals surface area contributed by atoms with E-state index in [1.807, 2.05) is 17.5 Å². The molecule has 0 aliphatic heterocycles. The molecule has 0 aromatic carbocycles. The summed E-state index contributed by atoms with van der Waals surface area (Å²) in [7, 11) is 0. The van der Waals surface area contributed by atoms with Gasteiger partial charge in [0.25, 0.3) is 5.91 Å². The number of hydrogen-bond donors (Lipinski definition) is 2. The first-order valence-electron chi connectivity index (χ1n) is 6.28. The molecular formula is C14H15NO3S. The van der Waals surface area contributed by atoms with Crippen LogP contribution in [0.25, 0.3) is 0 Å². The summed E-state index contributed by atoms with van der Waals surface area (Å²) in [4.78, 5) is 12.8. The summed E-state index contributed by atoms with van der Waals surface area (Å²) in [6, 6.07) is 7.11. The molecule has 0 spiro atoms. The predicted molar refractivity (Wildman–Crippen MR) is 72.0 cm³/mol. The highest BCUT2D eigenvalue weighted by atomic mass is 32.1. The molecule has 3 rings (SSSR count). The Morgan fingerprint density at radius 2 is 2.32 bits per heavy atom. The summed E-state index contributed by atoms with van der Waals surface area (Å²) in [6.07, 6.45) is 3.47. The van der Waals surface area contributed by atoms with Gasteiger partial charge in [-0.2, -0.15) is 0 Å². The van der Waals surface area contributed by atoms with Gasteiger partial charge in [-0.15, -0.1) is 11.3 Å². The molecule has 1 aliphatic rings. The van der Waals surface area contributed by atoms with E-state index in [2.05, 4.69) is 5.32 Å². The molecule has 2 aromatic rings. The van der Waals surface area contributed by atoms with Gasteiger partial charge in [-0.1, -0.05) is 6.07 Å². The highest BCUT2D eigenvalue weighted by Crippen LogP contribution is 2.46. The van der Waals surface area contributed by atoms with E-state index in [0.717, 1.165) is 17.7 Å². The van der Waals surface area contributed by atoms with E-state index < -0.39 is 5.60 Å². The lowest BCUT2D eigenvalue weighted by molar-refractivity contribution is 0.0166. The van der Waals surface area contributed by atoms with E-state index in [1.165, 1.54) is 17.6 Å². The van der Waals surface area contributed by atoms with Crippen molar-refractivity contribution in [3.63, 3.8) is 0 Å². The minimum atomic E-state index is -0.948. The molecule has 0 saturated heterocycles. The molecule has 19 heavy (non-hydrogen) atoms. The van der Waals surface area contributed by atoms with Crippen molar-refractivity contribution < 1.29 is 14.3 Å². The van der Waals surface area contributed by atoms with Crippen molar-refractivity contribution >= 4 is 17.2 Å². The van der Waals surface area contributed by atoms with Crippen LogP contribution in [0, 0.1) is 5.92 Å². The van der Waals surface area contributed by atoms with Gasteiger partial charge in [0.1, 0.15) is 5.60 Å². The van der Waals surface area contributed by atoms with Gasteiger partial charge in [0, 0.05) is 4.88 Å². The third-order valence-corrected chi connectivity index (χ3v) is 4.50. The van der Waals surface area contributed by atoms with Crippen molar-refractivity contribution in [3.8, 4) is 0 Å². The zero-order valence-electron chi connectivity index (χ0n) is 10.3. The molecule has 1 aliphatic carbocycles. The van der Waals surface area contributed by atoms with Crippen LogP contribution in [-0.2, 0) is 5.60 Å². The normalized spacial score (nSPS) is 17.9. The Balaban J connectivity index is 1.71. The number of hydrogen-bond acceptors (Lipinski definition) is 4. The fraction of sp³-hybridized carbons (Fsp3) is 0.357. The molecule has 2 aromatic heterocycles. The van der Waals surface area contributed by atoms with E-state index in [9.17, 15) is 9.90 Å². The van der Waals surface area contributed by atoms with Crippen molar-refractivity contribution in [1.29, 1.82) is 0 Å². The van der Waals surface area contributed by atoms with Gasteiger partial charge in [0.2, 0.25) is 0 Å². The number of carbonyl (C=O) groups excluding carboxylic acids is 1. The molecule has 100 valence electrons. The molecular weight excluding hydrogens is 262 g/mol. The summed E-state index contributed by atoms with van der Waals surface area (Å²) in [5.41, 5.74) is -0.948. The maximum atomic E-state index is 11.9. The Morgan fingerprint density at radius 1 is 1.47 bits per heavy atom. The van der Waals surface area contributed by atoms with Crippen LogP contribution >= 0.6 is 11.3 Å². The first-order valence-corrected chi connectivity index (χ1v) is 7.16. The van der Waals surface area contributed by atoms with Crippen molar-refractivity contribution in [2.24, 2.45) is 5.92 Å². The Morgan fingerprint density at radius 3 is 2.89 bits per heavy atom. The predicted octanol–water partition coefficient (Wildman–Crippen LogP) is 2.37. The van der Waals surface area contributed by atoms with Gasteiger partial charge in [-0.25, -0.2) is 0 Å². The summed E-state index contributed by atoms with van der Waals surface area (Å²) in [5.74, 6) is 0.216. The van der Waals surface area contributed by atoms with Crippen LogP contribution in [0.2, 0.25) is 0 Å². The summed E-state index contributed by atoms with van der Waals surface area (Å²) >= 11 is 1.52. The fourth-order valence-electron chi connectivity index (χ4n) is 2.23. The van der Waals surface area contributed by atoms with Crippen molar-refractivity contribution in [1.82, 2.24) is 5.32 Å². The Hall–Kier alpha value is -1.59. The number of aliphatic hydroxyl groups is 1. The number of thiophene rings is 1. The van der Waals surface area contributed by atoms with Gasteiger partial charge in [-0.05, 0) is 42.3 Å². The van der Waals surface area contributed by atoms with E-state index in [1.54, 1.807) is 12.1 Å². The molecule has 0 bridgehead atoms. The van der Waals surface area contributed by atoms with Crippen LogP contribution in [0.15, 0.2) is 40.3 Å². The average Bonchev–Trinajstić information content (AvgIpc) is 2.95. The second kappa shape index (κ2) is 4.83. The van der Waals surface area contributed by atoms with Crippen molar-refractivity contribution in [2.75, 3.05) is 6.54 Å². The minimum absolute atomic E-state index is 0.220. The first kappa shape index (κ1) is 12.4. The van der Waals surface area contributed by atoms with Crippen LogP contribution in [0.1, 0.15) is 28.3 Å².